The number of hydrogen-bond donors (Lipinski definition) is 1. The van der Waals surface area contributed by atoms with E-state index >= 15 is 0 Å². The molecular formula is C16H11ClF4N2O4. The minimum absolute atomic E-state index is 0.0785. The van der Waals surface area contributed by atoms with Crippen LogP contribution in [0.15, 0.2) is 42.5 Å². The summed E-state index contributed by atoms with van der Waals surface area (Å²) in [6, 6.07) is 8.63. The van der Waals surface area contributed by atoms with Gasteiger partial charge in [-0.1, -0.05) is 23.7 Å². The maximum absolute atomic E-state index is 13.0. The molecule has 27 heavy (non-hydrogen) atoms. The topological polar surface area (TPSA) is 81.5 Å². The molecule has 2 rings (SSSR count). The van der Waals surface area contributed by atoms with Crippen LogP contribution in [0.1, 0.15) is 10.4 Å². The second kappa shape index (κ2) is 8.21. The first-order chi connectivity index (χ1) is 12.6. The summed E-state index contributed by atoms with van der Waals surface area (Å²) in [5.74, 6) is -5.45. The second-order valence-corrected chi connectivity index (χ2v) is 5.63. The van der Waals surface area contributed by atoms with E-state index in [4.69, 9.17) is 16.3 Å². The number of halogens is 5. The van der Waals surface area contributed by atoms with Crippen LogP contribution in [0.25, 0.3) is 0 Å². The number of rotatable bonds is 7. The highest BCUT2D eigenvalue weighted by molar-refractivity contribution is 6.32. The number of nitro benzene ring substituents is 1. The van der Waals surface area contributed by atoms with Gasteiger partial charge in [0, 0.05) is 11.6 Å². The first-order valence-corrected chi connectivity index (χ1v) is 7.62. The van der Waals surface area contributed by atoms with Crippen molar-refractivity contribution in [3.05, 3.63) is 63.2 Å². The average molecular weight is 407 g/mol. The Bertz CT molecular complexity index is 864. The van der Waals surface area contributed by atoms with E-state index in [1.165, 1.54) is 30.3 Å². The van der Waals surface area contributed by atoms with Crippen LogP contribution in [-0.2, 0) is 0 Å². The van der Waals surface area contributed by atoms with Crippen molar-refractivity contribution in [2.75, 3.05) is 11.9 Å². The molecule has 0 atom stereocenters. The summed E-state index contributed by atoms with van der Waals surface area (Å²) in [5.41, 5.74) is -0.700. The van der Waals surface area contributed by atoms with E-state index in [2.05, 4.69) is 5.32 Å². The first-order valence-electron chi connectivity index (χ1n) is 7.25. The van der Waals surface area contributed by atoms with E-state index in [1.807, 2.05) is 0 Å². The van der Waals surface area contributed by atoms with Crippen molar-refractivity contribution in [2.45, 2.75) is 12.3 Å². The van der Waals surface area contributed by atoms with Gasteiger partial charge in [-0.15, -0.1) is 0 Å². The Morgan fingerprint density at radius 1 is 1.26 bits per heavy atom. The Hall–Kier alpha value is -2.88. The van der Waals surface area contributed by atoms with Gasteiger partial charge in [0.1, 0.15) is 10.8 Å². The number of para-hydroxylation sites is 2. The van der Waals surface area contributed by atoms with Crippen LogP contribution in [0.5, 0.6) is 5.75 Å². The Kier molecular flexibility index (Phi) is 6.21. The van der Waals surface area contributed by atoms with E-state index in [-0.39, 0.29) is 22.0 Å². The van der Waals surface area contributed by atoms with Gasteiger partial charge in [-0.3, -0.25) is 14.9 Å². The lowest BCUT2D eigenvalue weighted by molar-refractivity contribution is -0.384. The van der Waals surface area contributed by atoms with Crippen LogP contribution in [0.3, 0.4) is 0 Å². The quantitative estimate of drug-likeness (QED) is 0.407. The molecule has 6 nitrogen and oxygen atoms in total. The highest BCUT2D eigenvalue weighted by atomic mass is 35.5. The predicted octanol–water partition coefficient (Wildman–Crippen LogP) is 4.78. The number of nitrogens with zero attached hydrogens (tertiary/aromatic N) is 1. The molecule has 0 spiro atoms. The summed E-state index contributed by atoms with van der Waals surface area (Å²) >= 11 is 5.67. The predicted molar refractivity (Wildman–Crippen MR) is 88.9 cm³/mol. The lowest BCUT2D eigenvalue weighted by atomic mass is 10.2. The first kappa shape index (κ1) is 20.4. The van der Waals surface area contributed by atoms with Gasteiger partial charge in [-0.05, 0) is 24.3 Å². The van der Waals surface area contributed by atoms with Crippen molar-refractivity contribution >= 4 is 28.9 Å². The number of carbonyl (C=O) groups excluding carboxylic acids is 1. The zero-order chi connectivity index (χ0) is 20.2. The van der Waals surface area contributed by atoms with E-state index in [1.54, 1.807) is 0 Å². The molecule has 0 aliphatic carbocycles. The molecule has 2 aromatic carbocycles. The normalized spacial score (nSPS) is 11.3. The number of benzene rings is 2. The molecule has 144 valence electrons. The van der Waals surface area contributed by atoms with Gasteiger partial charge in [0.25, 0.3) is 11.6 Å². The number of anilines is 1. The van der Waals surface area contributed by atoms with Crippen molar-refractivity contribution in [2.24, 2.45) is 0 Å². The van der Waals surface area contributed by atoms with E-state index in [0.717, 1.165) is 12.1 Å². The summed E-state index contributed by atoms with van der Waals surface area (Å²) in [4.78, 5) is 22.4. The number of carbonyl (C=O) groups is 1. The Balaban J connectivity index is 2.19. The minimum Gasteiger partial charge on any atom is -0.485 e. The number of nitrogens with one attached hydrogen (secondary N) is 1. The van der Waals surface area contributed by atoms with Gasteiger partial charge in [0.2, 0.25) is 0 Å². The fourth-order valence-corrected chi connectivity index (χ4v) is 2.11. The third-order valence-electron chi connectivity index (χ3n) is 3.28. The largest absolute Gasteiger partial charge is 0.485 e. The third kappa shape index (κ3) is 5.07. The molecule has 2 aromatic rings. The summed E-state index contributed by atoms with van der Waals surface area (Å²) in [7, 11) is 0. The molecule has 11 heteroatoms. The fraction of sp³-hybridized carbons (Fsp3) is 0.188. The third-order valence-corrected chi connectivity index (χ3v) is 3.60. The number of ether oxygens (including phenoxy) is 1. The molecule has 1 N–H and O–H groups in total. The van der Waals surface area contributed by atoms with Crippen LogP contribution in [-0.4, -0.2) is 29.8 Å². The van der Waals surface area contributed by atoms with Gasteiger partial charge >= 0.3 is 12.3 Å². The van der Waals surface area contributed by atoms with Crippen LogP contribution in [0.2, 0.25) is 5.02 Å². The molecule has 0 radical (unpaired) electrons. The molecule has 1 amide bonds. The highest BCUT2D eigenvalue weighted by Gasteiger charge is 2.41. The molecule has 0 fully saturated rings. The molecule has 0 unspecified atom stereocenters. The maximum atomic E-state index is 13.0. The number of alkyl halides is 4. The fourth-order valence-electron chi connectivity index (χ4n) is 1.92. The van der Waals surface area contributed by atoms with E-state index in [9.17, 15) is 32.5 Å². The maximum Gasteiger partial charge on any atom is 0.340 e. The number of hydrogen-bond acceptors (Lipinski definition) is 4. The van der Waals surface area contributed by atoms with Crippen molar-refractivity contribution in [1.82, 2.24) is 0 Å². The SMILES string of the molecule is O=C(Nc1ccccc1OCC(F)(F)C(F)F)c1ccc(Cl)c([N+](=O)[O-])c1. The average Bonchev–Trinajstić information content (AvgIpc) is 2.61. The Morgan fingerprint density at radius 2 is 1.93 bits per heavy atom. The smallest absolute Gasteiger partial charge is 0.340 e. The summed E-state index contributed by atoms with van der Waals surface area (Å²) in [6.07, 6.45) is -3.91. The second-order valence-electron chi connectivity index (χ2n) is 5.22. The van der Waals surface area contributed by atoms with Gasteiger partial charge in [-0.25, -0.2) is 8.78 Å². The van der Waals surface area contributed by atoms with Crippen LogP contribution >= 0.6 is 11.6 Å². The molecule has 0 bridgehead atoms. The monoisotopic (exact) mass is 406 g/mol. The van der Waals surface area contributed by atoms with Gasteiger partial charge in [0.05, 0.1) is 10.6 Å². The molecule has 0 aliphatic heterocycles. The van der Waals surface area contributed by atoms with E-state index < -0.39 is 35.5 Å². The lowest BCUT2D eigenvalue weighted by Gasteiger charge is -2.18. The molecule has 0 heterocycles. The van der Waals surface area contributed by atoms with Crippen LogP contribution in [0, 0.1) is 10.1 Å². The van der Waals surface area contributed by atoms with Crippen molar-refractivity contribution in [3.63, 3.8) is 0 Å². The highest BCUT2D eigenvalue weighted by Crippen LogP contribution is 2.30. The van der Waals surface area contributed by atoms with Crippen molar-refractivity contribution in [1.29, 1.82) is 0 Å². The van der Waals surface area contributed by atoms with Gasteiger partial charge in [0.15, 0.2) is 6.61 Å². The lowest BCUT2D eigenvalue weighted by Crippen LogP contribution is -2.33. The number of amides is 1. The zero-order valence-electron chi connectivity index (χ0n) is 13.3. The Morgan fingerprint density at radius 3 is 2.56 bits per heavy atom. The minimum atomic E-state index is -4.37. The molecule has 0 aliphatic rings. The van der Waals surface area contributed by atoms with Crippen molar-refractivity contribution < 1.29 is 32.0 Å². The standard InChI is InChI=1S/C16H11ClF4N2O4/c17-10-6-5-9(7-12(10)23(25)26)14(24)22-11-3-1-2-4-13(11)27-8-16(20,21)15(18)19/h1-7,15H,8H2,(H,22,24). The zero-order valence-corrected chi connectivity index (χ0v) is 14.1. The van der Waals surface area contributed by atoms with E-state index in [0.29, 0.717) is 0 Å². The molecule has 0 saturated carbocycles. The summed E-state index contributed by atoms with van der Waals surface area (Å²) in [5, 5.41) is 13.0. The summed E-state index contributed by atoms with van der Waals surface area (Å²) < 4.78 is 55.2. The van der Waals surface area contributed by atoms with Crippen molar-refractivity contribution in [3.8, 4) is 5.75 Å². The van der Waals surface area contributed by atoms with Crippen LogP contribution in [0.4, 0.5) is 28.9 Å². The molecule has 0 saturated heterocycles. The molecule has 0 aromatic heterocycles. The van der Waals surface area contributed by atoms with Gasteiger partial charge < -0.3 is 10.1 Å². The van der Waals surface area contributed by atoms with Gasteiger partial charge in [-0.2, -0.15) is 8.78 Å². The Labute approximate surface area is 154 Å². The number of nitro groups is 1. The molecular weight excluding hydrogens is 396 g/mol. The van der Waals surface area contributed by atoms with Crippen LogP contribution < -0.4 is 10.1 Å². The summed E-state index contributed by atoms with van der Waals surface area (Å²) in [6.45, 7) is -1.59.